The first-order chi connectivity index (χ1) is 13.1. The first-order valence-corrected chi connectivity index (χ1v) is 9.24. The van der Waals surface area contributed by atoms with Crippen LogP contribution in [0.4, 0.5) is 8.78 Å². The minimum Gasteiger partial charge on any atom is -0.364 e. The van der Waals surface area contributed by atoms with Crippen molar-refractivity contribution in [1.29, 1.82) is 0 Å². The number of nitrogens with one attached hydrogen (secondary N) is 1. The fourth-order valence-corrected chi connectivity index (χ4v) is 3.14. The Morgan fingerprint density at radius 2 is 1.93 bits per heavy atom. The lowest BCUT2D eigenvalue weighted by atomic mass is 10.1. The summed E-state index contributed by atoms with van der Waals surface area (Å²) < 4.78 is 31.5. The van der Waals surface area contributed by atoms with E-state index in [2.05, 4.69) is 25.3 Å². The van der Waals surface area contributed by atoms with Gasteiger partial charge in [0.2, 0.25) is 0 Å². The highest BCUT2D eigenvalue weighted by Crippen LogP contribution is 2.10. The molecule has 146 valence electrons. The summed E-state index contributed by atoms with van der Waals surface area (Å²) in [6, 6.07) is 5.48. The molecule has 2 aromatic rings. The maximum atomic E-state index is 13.3. The Bertz CT molecular complexity index is 722. The molecule has 0 unspecified atom stereocenters. The molecule has 1 N–H and O–H groups in total. The summed E-state index contributed by atoms with van der Waals surface area (Å²) in [7, 11) is 0. The topological polar surface area (TPSA) is 56.9 Å². The number of piperazine rings is 1. The lowest BCUT2D eigenvalue weighted by Crippen LogP contribution is -2.52. The maximum absolute atomic E-state index is 13.3. The Hall–Kier alpha value is -2.48. The zero-order valence-corrected chi connectivity index (χ0v) is 15.5. The Morgan fingerprint density at radius 3 is 2.56 bits per heavy atom. The standard InChI is InChI=1S/C19H25F2N5O/c1-2-22-19(23-5-3-15-11-16(20)13-17(21)12-15)26-8-6-25(7-9-26)14-18-4-10-27-24-18/h4,10-13H,2-3,5-9,14H2,1H3,(H,22,23). The molecule has 0 aliphatic carbocycles. The Labute approximate surface area is 157 Å². The Morgan fingerprint density at radius 1 is 1.19 bits per heavy atom. The molecule has 1 aromatic heterocycles. The maximum Gasteiger partial charge on any atom is 0.194 e. The lowest BCUT2D eigenvalue weighted by Gasteiger charge is -2.36. The molecular weight excluding hydrogens is 352 g/mol. The van der Waals surface area contributed by atoms with Crippen molar-refractivity contribution in [3.63, 3.8) is 0 Å². The van der Waals surface area contributed by atoms with Crippen LogP contribution in [0, 0.1) is 11.6 Å². The van der Waals surface area contributed by atoms with Crippen LogP contribution in [-0.2, 0) is 13.0 Å². The van der Waals surface area contributed by atoms with Crippen molar-refractivity contribution in [2.24, 2.45) is 4.99 Å². The van der Waals surface area contributed by atoms with Gasteiger partial charge < -0.3 is 14.7 Å². The van der Waals surface area contributed by atoms with Crippen LogP contribution in [0.1, 0.15) is 18.2 Å². The highest BCUT2D eigenvalue weighted by molar-refractivity contribution is 5.80. The lowest BCUT2D eigenvalue weighted by molar-refractivity contribution is 0.169. The molecule has 0 atom stereocenters. The molecule has 8 heteroatoms. The second-order valence-corrected chi connectivity index (χ2v) is 6.52. The second-order valence-electron chi connectivity index (χ2n) is 6.52. The summed E-state index contributed by atoms with van der Waals surface area (Å²) in [6.07, 6.45) is 2.09. The summed E-state index contributed by atoms with van der Waals surface area (Å²) in [5, 5.41) is 7.26. The molecule has 1 aliphatic rings. The zero-order chi connectivity index (χ0) is 19.1. The van der Waals surface area contributed by atoms with Gasteiger partial charge in [-0.2, -0.15) is 0 Å². The van der Waals surface area contributed by atoms with Crippen molar-refractivity contribution < 1.29 is 13.3 Å². The highest BCUT2D eigenvalue weighted by Gasteiger charge is 2.20. The summed E-state index contributed by atoms with van der Waals surface area (Å²) >= 11 is 0. The number of benzene rings is 1. The summed E-state index contributed by atoms with van der Waals surface area (Å²) in [5.41, 5.74) is 1.55. The fourth-order valence-electron chi connectivity index (χ4n) is 3.14. The molecule has 1 aromatic carbocycles. The Balaban J connectivity index is 1.52. The van der Waals surface area contributed by atoms with E-state index in [-0.39, 0.29) is 0 Å². The third-order valence-corrected chi connectivity index (χ3v) is 4.47. The van der Waals surface area contributed by atoms with Gasteiger partial charge in [0.1, 0.15) is 17.9 Å². The number of hydrogen-bond acceptors (Lipinski definition) is 4. The molecule has 3 rings (SSSR count). The van der Waals surface area contributed by atoms with E-state index < -0.39 is 11.6 Å². The average molecular weight is 377 g/mol. The van der Waals surface area contributed by atoms with Crippen molar-refractivity contribution in [3.05, 3.63) is 53.4 Å². The summed E-state index contributed by atoms with van der Waals surface area (Å²) in [5.74, 6) is -0.260. The molecule has 1 saturated heterocycles. The van der Waals surface area contributed by atoms with E-state index in [0.717, 1.165) is 57.0 Å². The van der Waals surface area contributed by atoms with Gasteiger partial charge in [-0.1, -0.05) is 5.16 Å². The third kappa shape index (κ3) is 5.75. The van der Waals surface area contributed by atoms with Gasteiger partial charge in [0.15, 0.2) is 5.96 Å². The normalized spacial score (nSPS) is 16.0. The molecule has 6 nitrogen and oxygen atoms in total. The van der Waals surface area contributed by atoms with Crippen LogP contribution in [0.25, 0.3) is 0 Å². The number of aliphatic imine (C=N–C) groups is 1. The van der Waals surface area contributed by atoms with Crippen molar-refractivity contribution in [3.8, 4) is 0 Å². The molecule has 0 spiro atoms. The Kier molecular flexibility index (Phi) is 6.75. The van der Waals surface area contributed by atoms with E-state index in [4.69, 9.17) is 4.52 Å². The minimum atomic E-state index is -0.552. The third-order valence-electron chi connectivity index (χ3n) is 4.47. The van der Waals surface area contributed by atoms with E-state index in [1.807, 2.05) is 13.0 Å². The summed E-state index contributed by atoms with van der Waals surface area (Å²) in [4.78, 5) is 9.18. The number of halogens is 2. The molecule has 0 amide bonds. The number of guanidine groups is 1. The van der Waals surface area contributed by atoms with E-state index >= 15 is 0 Å². The fraction of sp³-hybridized carbons (Fsp3) is 0.474. The van der Waals surface area contributed by atoms with Crippen LogP contribution < -0.4 is 5.32 Å². The highest BCUT2D eigenvalue weighted by atomic mass is 19.1. The number of nitrogens with zero attached hydrogens (tertiary/aromatic N) is 4. The smallest absolute Gasteiger partial charge is 0.194 e. The van der Waals surface area contributed by atoms with Crippen molar-refractivity contribution >= 4 is 5.96 Å². The number of hydrogen-bond donors (Lipinski definition) is 1. The molecular formula is C19H25F2N5O. The average Bonchev–Trinajstić information content (AvgIpc) is 3.14. The quantitative estimate of drug-likeness (QED) is 0.618. The van der Waals surface area contributed by atoms with E-state index in [9.17, 15) is 8.78 Å². The monoisotopic (exact) mass is 377 g/mol. The van der Waals surface area contributed by atoms with Gasteiger partial charge in [-0.25, -0.2) is 8.78 Å². The van der Waals surface area contributed by atoms with Crippen LogP contribution >= 0.6 is 0 Å². The van der Waals surface area contributed by atoms with Gasteiger partial charge in [0, 0.05) is 57.9 Å². The van der Waals surface area contributed by atoms with Gasteiger partial charge in [-0.05, 0) is 31.0 Å². The molecule has 0 radical (unpaired) electrons. The van der Waals surface area contributed by atoms with Crippen molar-refractivity contribution in [2.45, 2.75) is 19.9 Å². The van der Waals surface area contributed by atoms with Gasteiger partial charge in [-0.15, -0.1) is 0 Å². The van der Waals surface area contributed by atoms with Crippen molar-refractivity contribution in [1.82, 2.24) is 20.3 Å². The largest absolute Gasteiger partial charge is 0.364 e. The SMILES string of the molecule is CCNC(=NCCc1cc(F)cc(F)c1)N1CCN(Cc2ccon2)CC1. The van der Waals surface area contributed by atoms with Crippen LogP contribution in [0.2, 0.25) is 0 Å². The van der Waals surface area contributed by atoms with E-state index in [1.165, 1.54) is 12.1 Å². The predicted molar refractivity (Wildman–Crippen MR) is 99.4 cm³/mol. The molecule has 0 bridgehead atoms. The molecule has 1 fully saturated rings. The van der Waals surface area contributed by atoms with Crippen molar-refractivity contribution in [2.75, 3.05) is 39.3 Å². The van der Waals surface area contributed by atoms with Crippen LogP contribution in [0.15, 0.2) is 40.0 Å². The van der Waals surface area contributed by atoms with Gasteiger partial charge in [-0.3, -0.25) is 9.89 Å². The van der Waals surface area contributed by atoms with Crippen LogP contribution in [0.5, 0.6) is 0 Å². The van der Waals surface area contributed by atoms with Gasteiger partial charge in [0.25, 0.3) is 0 Å². The summed E-state index contributed by atoms with van der Waals surface area (Å²) in [6.45, 7) is 7.59. The zero-order valence-electron chi connectivity index (χ0n) is 15.5. The first kappa shape index (κ1) is 19.3. The van der Waals surface area contributed by atoms with E-state index in [0.29, 0.717) is 18.5 Å². The predicted octanol–water partition coefficient (Wildman–Crippen LogP) is 2.28. The number of aromatic nitrogens is 1. The molecule has 27 heavy (non-hydrogen) atoms. The van der Waals surface area contributed by atoms with Gasteiger partial charge >= 0.3 is 0 Å². The van der Waals surface area contributed by atoms with Crippen LogP contribution in [0.3, 0.4) is 0 Å². The second kappa shape index (κ2) is 9.45. The first-order valence-electron chi connectivity index (χ1n) is 9.24. The number of rotatable bonds is 6. The molecule has 0 saturated carbocycles. The molecule has 1 aliphatic heterocycles. The minimum absolute atomic E-state index is 0.477. The molecule has 2 heterocycles. The van der Waals surface area contributed by atoms with Crippen LogP contribution in [-0.4, -0.2) is 60.2 Å². The van der Waals surface area contributed by atoms with Gasteiger partial charge in [0.05, 0.1) is 5.69 Å². The van der Waals surface area contributed by atoms with E-state index in [1.54, 1.807) is 6.26 Å².